The molecule has 0 unspecified atom stereocenters. The van der Waals surface area contributed by atoms with E-state index in [4.69, 9.17) is 23.2 Å². The molecule has 0 N–H and O–H groups in total. The van der Waals surface area contributed by atoms with Gasteiger partial charge in [0, 0.05) is 22.0 Å². The second-order valence-electron chi connectivity index (χ2n) is 4.25. The van der Waals surface area contributed by atoms with Crippen molar-refractivity contribution in [2.45, 2.75) is 13.3 Å². The molecule has 0 amide bonds. The Morgan fingerprint density at radius 2 is 1.95 bits per heavy atom. The van der Waals surface area contributed by atoms with Crippen molar-refractivity contribution in [3.8, 4) is 0 Å². The second kappa shape index (κ2) is 5.72. The summed E-state index contributed by atoms with van der Waals surface area (Å²) in [7, 11) is 0. The van der Waals surface area contributed by atoms with Crippen LogP contribution < -0.4 is 0 Å². The van der Waals surface area contributed by atoms with Crippen molar-refractivity contribution in [1.82, 2.24) is 0 Å². The fraction of sp³-hybridized carbons (Fsp3) is 0.133. The Bertz CT molecular complexity index is 638. The van der Waals surface area contributed by atoms with Gasteiger partial charge < -0.3 is 0 Å². The summed E-state index contributed by atoms with van der Waals surface area (Å²) in [5.74, 6) is -0.612. The monoisotopic (exact) mass is 296 g/mol. The zero-order valence-electron chi connectivity index (χ0n) is 10.2. The summed E-state index contributed by atoms with van der Waals surface area (Å²) in [5.41, 5.74) is 1.50. The Balaban J connectivity index is 2.31. The standard InChI is InChI=1S/C15H11Cl2FO/c1-9-12(3-2-4-13(9)17)15(19)8-10-7-11(16)5-6-14(10)18/h2-7H,8H2,1H3. The van der Waals surface area contributed by atoms with Gasteiger partial charge in [-0.15, -0.1) is 0 Å². The summed E-state index contributed by atoms with van der Waals surface area (Å²) in [6.07, 6.45) is -0.0342. The van der Waals surface area contributed by atoms with Crippen LogP contribution in [0.4, 0.5) is 4.39 Å². The maximum absolute atomic E-state index is 13.6. The van der Waals surface area contributed by atoms with E-state index < -0.39 is 5.82 Å². The highest BCUT2D eigenvalue weighted by molar-refractivity contribution is 6.32. The molecule has 2 aromatic carbocycles. The maximum Gasteiger partial charge on any atom is 0.167 e. The van der Waals surface area contributed by atoms with Gasteiger partial charge in [-0.1, -0.05) is 35.3 Å². The summed E-state index contributed by atoms with van der Waals surface area (Å²) in [6, 6.07) is 9.29. The highest BCUT2D eigenvalue weighted by Gasteiger charge is 2.14. The van der Waals surface area contributed by atoms with Gasteiger partial charge >= 0.3 is 0 Å². The normalized spacial score (nSPS) is 10.5. The van der Waals surface area contributed by atoms with Crippen LogP contribution in [0.3, 0.4) is 0 Å². The van der Waals surface area contributed by atoms with E-state index in [1.54, 1.807) is 25.1 Å². The van der Waals surface area contributed by atoms with Crippen LogP contribution >= 0.6 is 23.2 Å². The van der Waals surface area contributed by atoms with E-state index in [2.05, 4.69) is 0 Å². The van der Waals surface area contributed by atoms with E-state index in [-0.39, 0.29) is 17.8 Å². The van der Waals surface area contributed by atoms with Gasteiger partial charge in [0.25, 0.3) is 0 Å². The maximum atomic E-state index is 13.6. The summed E-state index contributed by atoms with van der Waals surface area (Å²) in [4.78, 5) is 12.2. The number of halogens is 3. The quantitative estimate of drug-likeness (QED) is 0.739. The number of benzene rings is 2. The molecule has 0 saturated carbocycles. The largest absolute Gasteiger partial charge is 0.294 e. The SMILES string of the molecule is Cc1c(Cl)cccc1C(=O)Cc1cc(Cl)ccc1F. The first-order valence-corrected chi connectivity index (χ1v) is 6.47. The molecule has 0 atom stereocenters. The molecule has 0 saturated heterocycles. The second-order valence-corrected chi connectivity index (χ2v) is 5.09. The fourth-order valence-electron chi connectivity index (χ4n) is 1.86. The summed E-state index contributed by atoms with van der Waals surface area (Å²) < 4.78 is 13.6. The van der Waals surface area contributed by atoms with Crippen LogP contribution in [-0.4, -0.2) is 5.78 Å². The van der Waals surface area contributed by atoms with Gasteiger partial charge in [0.15, 0.2) is 5.78 Å². The van der Waals surface area contributed by atoms with Crippen LogP contribution in [0.25, 0.3) is 0 Å². The molecule has 0 radical (unpaired) electrons. The molecule has 0 spiro atoms. The molecule has 0 heterocycles. The van der Waals surface area contributed by atoms with Crippen LogP contribution in [-0.2, 0) is 6.42 Å². The average molecular weight is 297 g/mol. The Labute approximate surface area is 121 Å². The lowest BCUT2D eigenvalue weighted by atomic mass is 9.99. The molecule has 0 aromatic heterocycles. The van der Waals surface area contributed by atoms with Crippen molar-refractivity contribution in [2.75, 3.05) is 0 Å². The number of hydrogen-bond donors (Lipinski definition) is 0. The lowest BCUT2D eigenvalue weighted by molar-refractivity contribution is 0.0991. The van der Waals surface area contributed by atoms with Crippen LogP contribution in [0.1, 0.15) is 21.5 Å². The minimum atomic E-state index is -0.433. The third-order valence-corrected chi connectivity index (χ3v) is 3.57. The smallest absolute Gasteiger partial charge is 0.167 e. The van der Waals surface area contributed by atoms with E-state index in [0.717, 1.165) is 0 Å². The van der Waals surface area contributed by atoms with Crippen LogP contribution in [0, 0.1) is 12.7 Å². The fourth-order valence-corrected chi connectivity index (χ4v) is 2.23. The first kappa shape index (κ1) is 14.0. The van der Waals surface area contributed by atoms with Crippen molar-refractivity contribution >= 4 is 29.0 Å². The molecule has 0 bridgehead atoms. The predicted octanol–water partition coefficient (Wildman–Crippen LogP) is 4.87. The summed E-state index contributed by atoms with van der Waals surface area (Å²) in [5, 5.41) is 0.935. The van der Waals surface area contributed by atoms with Crippen molar-refractivity contribution in [2.24, 2.45) is 0 Å². The van der Waals surface area contributed by atoms with Gasteiger partial charge in [-0.3, -0.25) is 4.79 Å². The lowest BCUT2D eigenvalue weighted by Crippen LogP contribution is -2.07. The topological polar surface area (TPSA) is 17.1 Å². The molecule has 4 heteroatoms. The van der Waals surface area contributed by atoms with E-state index in [1.807, 2.05) is 0 Å². The summed E-state index contributed by atoms with van der Waals surface area (Å²) >= 11 is 11.8. The van der Waals surface area contributed by atoms with E-state index in [0.29, 0.717) is 21.2 Å². The third kappa shape index (κ3) is 3.14. The molecule has 2 aromatic rings. The third-order valence-electron chi connectivity index (χ3n) is 2.93. The Morgan fingerprint density at radius 1 is 1.21 bits per heavy atom. The van der Waals surface area contributed by atoms with Crippen molar-refractivity contribution in [1.29, 1.82) is 0 Å². The molecule has 19 heavy (non-hydrogen) atoms. The number of Topliss-reactive ketones (excluding diaryl/α,β-unsaturated/α-hetero) is 1. The van der Waals surface area contributed by atoms with Crippen molar-refractivity contribution in [3.63, 3.8) is 0 Å². The van der Waals surface area contributed by atoms with Crippen molar-refractivity contribution in [3.05, 3.63) is 69.0 Å². The number of rotatable bonds is 3. The van der Waals surface area contributed by atoms with Crippen LogP contribution in [0.15, 0.2) is 36.4 Å². The first-order chi connectivity index (χ1) is 8.99. The highest BCUT2D eigenvalue weighted by Crippen LogP contribution is 2.22. The predicted molar refractivity (Wildman–Crippen MR) is 75.6 cm³/mol. The zero-order chi connectivity index (χ0) is 14.0. The minimum Gasteiger partial charge on any atom is -0.294 e. The average Bonchev–Trinajstić information content (AvgIpc) is 2.37. The highest BCUT2D eigenvalue weighted by atomic mass is 35.5. The molecule has 98 valence electrons. The molecule has 0 aliphatic carbocycles. The zero-order valence-corrected chi connectivity index (χ0v) is 11.7. The van der Waals surface area contributed by atoms with Gasteiger partial charge in [-0.2, -0.15) is 0 Å². The molecule has 1 nitrogen and oxygen atoms in total. The molecule has 2 rings (SSSR count). The number of ketones is 1. The van der Waals surface area contributed by atoms with Crippen LogP contribution in [0.5, 0.6) is 0 Å². The van der Waals surface area contributed by atoms with E-state index >= 15 is 0 Å². The van der Waals surface area contributed by atoms with Gasteiger partial charge in [-0.25, -0.2) is 4.39 Å². The summed E-state index contributed by atoms with van der Waals surface area (Å²) in [6.45, 7) is 1.77. The molecular weight excluding hydrogens is 286 g/mol. The van der Waals surface area contributed by atoms with Gasteiger partial charge in [0.1, 0.15) is 5.82 Å². The van der Waals surface area contributed by atoms with Gasteiger partial charge in [-0.05, 0) is 42.3 Å². The Hall–Kier alpha value is -1.38. The number of carbonyl (C=O) groups excluding carboxylic acids is 1. The van der Waals surface area contributed by atoms with Crippen molar-refractivity contribution < 1.29 is 9.18 Å². The molecule has 0 aliphatic heterocycles. The van der Waals surface area contributed by atoms with E-state index in [9.17, 15) is 9.18 Å². The van der Waals surface area contributed by atoms with Gasteiger partial charge in [0.2, 0.25) is 0 Å². The Morgan fingerprint density at radius 3 is 2.68 bits per heavy atom. The molecule has 0 fully saturated rings. The van der Waals surface area contributed by atoms with Gasteiger partial charge in [0.05, 0.1) is 0 Å². The van der Waals surface area contributed by atoms with Crippen LogP contribution in [0.2, 0.25) is 10.0 Å². The lowest BCUT2D eigenvalue weighted by Gasteiger charge is -2.07. The Kier molecular flexibility index (Phi) is 4.23. The molecular formula is C15H11Cl2FO. The minimum absolute atomic E-state index is 0.0342. The number of hydrogen-bond acceptors (Lipinski definition) is 1. The number of carbonyl (C=O) groups is 1. The van der Waals surface area contributed by atoms with E-state index in [1.165, 1.54) is 18.2 Å². The molecule has 0 aliphatic rings. The first-order valence-electron chi connectivity index (χ1n) is 5.71.